The van der Waals surface area contributed by atoms with E-state index < -0.39 is 26.9 Å². The van der Waals surface area contributed by atoms with Crippen LogP contribution in [0.2, 0.25) is 0 Å². The van der Waals surface area contributed by atoms with Gasteiger partial charge in [0.1, 0.15) is 11.8 Å². The third-order valence-electron chi connectivity index (χ3n) is 4.62. The number of anilines is 1. The first-order valence-electron chi connectivity index (χ1n) is 9.24. The smallest absolute Gasteiger partial charge is 0.271 e. The fraction of sp³-hybridized carbons (Fsp3) is 0.350. The van der Waals surface area contributed by atoms with Gasteiger partial charge in [0.05, 0.1) is 24.0 Å². The Labute approximate surface area is 175 Å². The van der Waals surface area contributed by atoms with E-state index in [2.05, 4.69) is 5.32 Å². The molecule has 0 aliphatic rings. The first-order chi connectivity index (χ1) is 14.1. The van der Waals surface area contributed by atoms with E-state index in [1.807, 2.05) is 0 Å². The molecule has 0 aromatic heterocycles. The number of hydrogen-bond donors (Lipinski definition) is 1. The summed E-state index contributed by atoms with van der Waals surface area (Å²) in [7, 11) is -2.39. The van der Waals surface area contributed by atoms with E-state index in [1.54, 1.807) is 38.1 Å². The number of hydrogen-bond acceptors (Lipinski definition) is 6. The number of methoxy groups -OCH3 is 1. The molecule has 2 rings (SSSR count). The summed E-state index contributed by atoms with van der Waals surface area (Å²) in [5.41, 5.74) is 1.09. The van der Waals surface area contributed by atoms with Crippen LogP contribution < -0.4 is 14.4 Å². The van der Waals surface area contributed by atoms with Crippen LogP contribution in [0.1, 0.15) is 24.5 Å². The number of nitro benzene ring substituents is 1. The second-order valence-electron chi connectivity index (χ2n) is 6.74. The van der Waals surface area contributed by atoms with Crippen LogP contribution in [-0.2, 0) is 21.4 Å². The fourth-order valence-electron chi connectivity index (χ4n) is 3.13. The number of amides is 1. The number of sulfonamides is 1. The van der Waals surface area contributed by atoms with E-state index in [-0.39, 0.29) is 24.3 Å². The van der Waals surface area contributed by atoms with E-state index in [0.29, 0.717) is 11.3 Å². The van der Waals surface area contributed by atoms with Crippen LogP contribution in [-0.4, -0.2) is 38.7 Å². The van der Waals surface area contributed by atoms with Crippen molar-refractivity contribution in [3.05, 3.63) is 63.7 Å². The van der Waals surface area contributed by atoms with Crippen molar-refractivity contribution in [2.24, 2.45) is 0 Å². The summed E-state index contributed by atoms with van der Waals surface area (Å²) in [5, 5.41) is 13.9. The fourth-order valence-corrected chi connectivity index (χ4v) is 4.39. The van der Waals surface area contributed by atoms with Crippen molar-refractivity contribution >= 4 is 27.3 Å². The monoisotopic (exact) mass is 435 g/mol. The summed E-state index contributed by atoms with van der Waals surface area (Å²) in [4.78, 5) is 23.5. The van der Waals surface area contributed by atoms with Crippen molar-refractivity contribution in [3.8, 4) is 5.75 Å². The number of nitrogens with zero attached hydrogens (tertiary/aromatic N) is 2. The molecule has 30 heavy (non-hydrogen) atoms. The van der Waals surface area contributed by atoms with Crippen LogP contribution in [0.25, 0.3) is 0 Å². The summed E-state index contributed by atoms with van der Waals surface area (Å²) in [6.07, 6.45) is 1.15. The highest BCUT2D eigenvalue weighted by molar-refractivity contribution is 7.92. The van der Waals surface area contributed by atoms with E-state index in [4.69, 9.17) is 4.74 Å². The molecule has 0 saturated carbocycles. The number of ether oxygens (including phenoxy) is 1. The molecule has 2 aromatic rings. The normalized spacial score (nSPS) is 12.1. The number of para-hydroxylation sites is 1. The molecule has 0 aliphatic carbocycles. The molecule has 1 amide bonds. The van der Waals surface area contributed by atoms with Crippen molar-refractivity contribution in [2.45, 2.75) is 32.9 Å². The summed E-state index contributed by atoms with van der Waals surface area (Å²) in [6.45, 7) is 3.46. The van der Waals surface area contributed by atoms with Gasteiger partial charge in [-0.2, -0.15) is 0 Å². The number of benzene rings is 2. The molecular formula is C20H25N3O6S. The molecule has 2 aromatic carbocycles. The SMILES string of the molecule is CC[C@@H](C(=O)NCc1ccccc1OC)N(c1cc([N+](=O)[O-])ccc1C)S(C)(=O)=O. The Morgan fingerprint density at radius 1 is 1.27 bits per heavy atom. The van der Waals surface area contributed by atoms with Gasteiger partial charge in [0, 0.05) is 24.2 Å². The predicted octanol–water partition coefficient (Wildman–Crippen LogP) is 2.77. The lowest BCUT2D eigenvalue weighted by atomic mass is 10.1. The van der Waals surface area contributed by atoms with Gasteiger partial charge in [-0.05, 0) is 25.0 Å². The number of nitrogens with one attached hydrogen (secondary N) is 1. The Morgan fingerprint density at radius 2 is 1.93 bits per heavy atom. The van der Waals surface area contributed by atoms with Crippen LogP contribution in [0.5, 0.6) is 5.75 Å². The van der Waals surface area contributed by atoms with Gasteiger partial charge in [-0.3, -0.25) is 19.2 Å². The Balaban J connectivity index is 2.39. The Bertz CT molecular complexity index is 1040. The molecular weight excluding hydrogens is 410 g/mol. The van der Waals surface area contributed by atoms with Crippen LogP contribution in [0.3, 0.4) is 0 Å². The van der Waals surface area contributed by atoms with Gasteiger partial charge in [0.2, 0.25) is 15.9 Å². The molecule has 162 valence electrons. The first kappa shape index (κ1) is 23.1. The molecule has 0 unspecified atom stereocenters. The van der Waals surface area contributed by atoms with Crippen LogP contribution in [0.4, 0.5) is 11.4 Å². The highest BCUT2D eigenvalue weighted by atomic mass is 32.2. The highest BCUT2D eigenvalue weighted by Gasteiger charge is 2.33. The maximum Gasteiger partial charge on any atom is 0.271 e. The molecule has 1 atom stereocenters. The van der Waals surface area contributed by atoms with Gasteiger partial charge in [-0.25, -0.2) is 8.42 Å². The topological polar surface area (TPSA) is 119 Å². The Kier molecular flexibility index (Phi) is 7.38. The molecule has 9 nitrogen and oxygen atoms in total. The van der Waals surface area contributed by atoms with E-state index in [9.17, 15) is 23.3 Å². The lowest BCUT2D eigenvalue weighted by molar-refractivity contribution is -0.384. The first-order valence-corrected chi connectivity index (χ1v) is 11.1. The van der Waals surface area contributed by atoms with Gasteiger partial charge in [-0.15, -0.1) is 0 Å². The molecule has 0 aliphatic heterocycles. The zero-order valence-electron chi connectivity index (χ0n) is 17.3. The molecule has 0 heterocycles. The Hall–Kier alpha value is -3.14. The van der Waals surface area contributed by atoms with Crippen LogP contribution in [0.15, 0.2) is 42.5 Å². The number of carbonyl (C=O) groups excluding carboxylic acids is 1. The number of nitro groups is 1. The third kappa shape index (κ3) is 5.26. The molecule has 0 saturated heterocycles. The van der Waals surface area contributed by atoms with Gasteiger partial charge in [-0.1, -0.05) is 31.2 Å². The summed E-state index contributed by atoms with van der Waals surface area (Å²) < 4.78 is 31.4. The lowest BCUT2D eigenvalue weighted by Crippen LogP contribution is -2.49. The minimum Gasteiger partial charge on any atom is -0.496 e. The van der Waals surface area contributed by atoms with Crippen molar-refractivity contribution < 1.29 is 22.9 Å². The standard InChI is InChI=1S/C20H25N3O6S/c1-5-17(20(24)21-13-15-8-6-7-9-19(15)29-3)22(30(4,27)28)18-12-16(23(25)26)11-10-14(18)2/h6-12,17H,5,13H2,1-4H3,(H,21,24)/t17-/m0/s1. The molecule has 0 spiro atoms. The molecule has 0 bridgehead atoms. The van der Waals surface area contributed by atoms with E-state index in [0.717, 1.165) is 16.1 Å². The summed E-state index contributed by atoms with van der Waals surface area (Å²) in [6, 6.07) is 10.0. The predicted molar refractivity (Wildman–Crippen MR) is 114 cm³/mol. The summed E-state index contributed by atoms with van der Waals surface area (Å²) in [5.74, 6) is 0.0834. The maximum absolute atomic E-state index is 12.9. The summed E-state index contributed by atoms with van der Waals surface area (Å²) >= 11 is 0. The average molecular weight is 436 g/mol. The molecule has 1 N–H and O–H groups in total. The lowest BCUT2D eigenvalue weighted by Gasteiger charge is -2.31. The quantitative estimate of drug-likeness (QED) is 0.478. The van der Waals surface area contributed by atoms with Crippen molar-refractivity contribution in [2.75, 3.05) is 17.7 Å². The molecule has 0 fully saturated rings. The van der Waals surface area contributed by atoms with Crippen LogP contribution >= 0.6 is 0 Å². The molecule has 10 heteroatoms. The van der Waals surface area contributed by atoms with Crippen molar-refractivity contribution in [3.63, 3.8) is 0 Å². The minimum absolute atomic E-state index is 0.103. The van der Waals surface area contributed by atoms with Gasteiger partial charge >= 0.3 is 0 Å². The average Bonchev–Trinajstić information content (AvgIpc) is 2.70. The number of non-ortho nitro benzene ring substituents is 1. The van der Waals surface area contributed by atoms with E-state index >= 15 is 0 Å². The largest absolute Gasteiger partial charge is 0.496 e. The second kappa shape index (κ2) is 9.57. The molecule has 0 radical (unpaired) electrons. The number of rotatable bonds is 9. The zero-order chi connectivity index (χ0) is 22.5. The second-order valence-corrected chi connectivity index (χ2v) is 8.60. The Morgan fingerprint density at radius 3 is 2.50 bits per heavy atom. The zero-order valence-corrected chi connectivity index (χ0v) is 18.1. The third-order valence-corrected chi connectivity index (χ3v) is 5.78. The van der Waals surface area contributed by atoms with Gasteiger partial charge in [0.25, 0.3) is 5.69 Å². The van der Waals surface area contributed by atoms with Crippen molar-refractivity contribution in [1.82, 2.24) is 5.32 Å². The highest BCUT2D eigenvalue weighted by Crippen LogP contribution is 2.30. The van der Waals surface area contributed by atoms with Crippen molar-refractivity contribution in [1.29, 1.82) is 0 Å². The van der Waals surface area contributed by atoms with E-state index in [1.165, 1.54) is 25.3 Å². The van der Waals surface area contributed by atoms with Gasteiger partial charge < -0.3 is 10.1 Å². The maximum atomic E-state index is 12.9. The minimum atomic E-state index is -3.91. The number of carbonyl (C=O) groups is 1. The van der Waals surface area contributed by atoms with Crippen LogP contribution in [0, 0.1) is 17.0 Å². The van der Waals surface area contributed by atoms with Gasteiger partial charge in [0.15, 0.2) is 0 Å². The number of aryl methyl sites for hydroxylation is 1.